The predicted molar refractivity (Wildman–Crippen MR) is 36.6 cm³/mol. The van der Waals surface area contributed by atoms with Crippen LogP contribution in [0.25, 0.3) is 0 Å². The summed E-state index contributed by atoms with van der Waals surface area (Å²) in [5, 5.41) is 5.31. The quantitative estimate of drug-likeness (QED) is 0.658. The normalized spacial score (nSPS) is 12.0. The first kappa shape index (κ1) is 9.20. The van der Waals surface area contributed by atoms with Crippen LogP contribution >= 0.6 is 12.2 Å². The molecule has 1 aromatic rings. The Morgan fingerprint density at radius 1 is 1.58 bits per heavy atom. The van der Waals surface area contributed by atoms with Gasteiger partial charge in [-0.15, -0.1) is 13.2 Å². The van der Waals surface area contributed by atoms with Crippen LogP contribution < -0.4 is 5.73 Å². The number of rotatable bonds is 1. The van der Waals surface area contributed by atoms with Gasteiger partial charge in [0, 0.05) is 0 Å². The van der Waals surface area contributed by atoms with Crippen molar-refractivity contribution in [1.29, 1.82) is 0 Å². The van der Waals surface area contributed by atoms with E-state index in [2.05, 4.69) is 17.3 Å². The van der Waals surface area contributed by atoms with Gasteiger partial charge in [-0.25, -0.2) is 4.57 Å². The molecule has 1 heterocycles. The Morgan fingerprint density at radius 3 is 2.50 bits per heavy atom. The molecule has 1 rings (SSSR count). The molecule has 8 heteroatoms. The number of hydrogen-bond acceptors (Lipinski definition) is 3. The van der Waals surface area contributed by atoms with Crippen molar-refractivity contribution in [3.63, 3.8) is 0 Å². The van der Waals surface area contributed by atoms with Gasteiger partial charge in [0.05, 0.1) is 6.54 Å². The molecule has 4 nitrogen and oxygen atoms in total. The molecule has 0 aromatic carbocycles. The van der Waals surface area contributed by atoms with Crippen LogP contribution in [0, 0.1) is 4.77 Å². The number of nitrogens with zero attached hydrogens (tertiary/aromatic N) is 2. The molecule has 0 unspecified atom stereocenters. The van der Waals surface area contributed by atoms with E-state index < -0.39 is 11.1 Å². The third-order valence-electron chi connectivity index (χ3n) is 1.18. The zero-order valence-corrected chi connectivity index (χ0v) is 6.54. The summed E-state index contributed by atoms with van der Waals surface area (Å²) in [7, 11) is 0. The van der Waals surface area contributed by atoms with Crippen LogP contribution in [-0.2, 0) is 12.8 Å². The second-order valence-electron chi connectivity index (χ2n) is 1.95. The topological polar surface area (TPSA) is 59.6 Å². The van der Waals surface area contributed by atoms with Crippen molar-refractivity contribution in [3.8, 4) is 0 Å². The van der Waals surface area contributed by atoms with Crippen LogP contribution in [0.3, 0.4) is 0 Å². The summed E-state index contributed by atoms with van der Waals surface area (Å²) in [5.41, 5.74) is 5.01. The third kappa shape index (κ3) is 1.48. The summed E-state index contributed by atoms with van der Waals surface area (Å²) in [4.78, 5) is 0. The lowest BCUT2D eigenvalue weighted by Crippen LogP contribution is -2.21. The molecule has 12 heavy (non-hydrogen) atoms. The summed E-state index contributed by atoms with van der Waals surface area (Å²) in [6.45, 7) is -0.313. The first-order chi connectivity index (χ1) is 5.46. The Morgan fingerprint density at radius 2 is 2.17 bits per heavy atom. The Labute approximate surface area is 70.2 Å². The van der Waals surface area contributed by atoms with Crippen molar-refractivity contribution in [2.24, 2.45) is 5.73 Å². The van der Waals surface area contributed by atoms with Gasteiger partial charge < -0.3 is 5.73 Å². The SMILES string of the molecule is NCc1n[nH]c(=S)n1C(F)(F)F. The summed E-state index contributed by atoms with van der Waals surface area (Å²) in [6.07, 6.45) is -4.56. The minimum atomic E-state index is -4.56. The average molecular weight is 198 g/mol. The highest BCUT2D eigenvalue weighted by Gasteiger charge is 2.34. The molecule has 0 saturated heterocycles. The molecule has 0 spiro atoms. The van der Waals surface area contributed by atoms with E-state index in [1.54, 1.807) is 0 Å². The summed E-state index contributed by atoms with van der Waals surface area (Å²) >= 11 is 4.36. The van der Waals surface area contributed by atoms with Crippen molar-refractivity contribution in [3.05, 3.63) is 10.6 Å². The van der Waals surface area contributed by atoms with Crippen molar-refractivity contribution in [2.45, 2.75) is 12.8 Å². The largest absolute Gasteiger partial charge is 0.492 e. The van der Waals surface area contributed by atoms with Gasteiger partial charge in [-0.2, -0.15) is 5.10 Å². The zero-order chi connectivity index (χ0) is 9.35. The van der Waals surface area contributed by atoms with Gasteiger partial charge in [-0.05, 0) is 12.2 Å². The van der Waals surface area contributed by atoms with Crippen LogP contribution in [-0.4, -0.2) is 14.8 Å². The Balaban J connectivity index is 3.29. The fraction of sp³-hybridized carbons (Fsp3) is 0.500. The molecule has 0 atom stereocenters. The molecule has 0 amide bonds. The Hall–Kier alpha value is -0.890. The molecule has 0 saturated carbocycles. The molecule has 1 aromatic heterocycles. The summed E-state index contributed by atoms with van der Waals surface area (Å²) in [6, 6.07) is 0. The standard InChI is InChI=1S/C4H5F3N4S/c5-4(6,7)11-2(1-8)9-10-3(11)12/h1,8H2,(H,10,12). The van der Waals surface area contributed by atoms with Crippen LogP contribution in [0.5, 0.6) is 0 Å². The van der Waals surface area contributed by atoms with Crippen molar-refractivity contribution in [1.82, 2.24) is 14.8 Å². The zero-order valence-electron chi connectivity index (χ0n) is 5.72. The highest BCUT2D eigenvalue weighted by atomic mass is 32.1. The monoisotopic (exact) mass is 198 g/mol. The van der Waals surface area contributed by atoms with E-state index in [0.29, 0.717) is 0 Å². The van der Waals surface area contributed by atoms with E-state index in [0.717, 1.165) is 0 Å². The van der Waals surface area contributed by atoms with Gasteiger partial charge in [0.25, 0.3) is 0 Å². The fourth-order valence-corrected chi connectivity index (χ4v) is 0.983. The van der Waals surface area contributed by atoms with E-state index in [4.69, 9.17) is 5.73 Å². The number of nitrogens with one attached hydrogen (secondary N) is 1. The van der Waals surface area contributed by atoms with Gasteiger partial charge in [-0.1, -0.05) is 0 Å². The number of aromatic amines is 1. The maximum absolute atomic E-state index is 12.1. The van der Waals surface area contributed by atoms with Crippen molar-refractivity contribution < 1.29 is 13.2 Å². The fourth-order valence-electron chi connectivity index (χ4n) is 0.728. The smallest absolute Gasteiger partial charge is 0.324 e. The Bertz CT molecular complexity index is 324. The minimum absolute atomic E-state index is 0.0671. The second kappa shape index (κ2) is 2.87. The Kier molecular flexibility index (Phi) is 2.20. The van der Waals surface area contributed by atoms with Crippen LogP contribution in [0.2, 0.25) is 0 Å². The van der Waals surface area contributed by atoms with E-state index in [-0.39, 0.29) is 16.9 Å². The molecule has 3 N–H and O–H groups in total. The van der Waals surface area contributed by atoms with Crippen LogP contribution in [0.4, 0.5) is 13.2 Å². The molecule has 0 aliphatic heterocycles. The predicted octanol–water partition coefficient (Wildman–Crippen LogP) is 0.876. The number of hydrogen-bond donors (Lipinski definition) is 2. The molecule has 0 bridgehead atoms. The molecule has 0 aliphatic carbocycles. The number of alkyl halides is 3. The molecular weight excluding hydrogens is 193 g/mol. The summed E-state index contributed by atoms with van der Waals surface area (Å²) < 4.78 is 35.8. The maximum atomic E-state index is 12.1. The van der Waals surface area contributed by atoms with E-state index in [1.807, 2.05) is 5.10 Å². The molecule has 0 radical (unpaired) electrons. The van der Waals surface area contributed by atoms with Crippen LogP contribution in [0.1, 0.15) is 5.82 Å². The van der Waals surface area contributed by atoms with Gasteiger partial charge in [0.2, 0.25) is 4.77 Å². The number of halogens is 3. The molecule has 68 valence electrons. The van der Waals surface area contributed by atoms with Gasteiger partial charge in [0.15, 0.2) is 5.82 Å². The molecular formula is C4H5F3N4S. The van der Waals surface area contributed by atoms with Crippen molar-refractivity contribution in [2.75, 3.05) is 0 Å². The highest BCUT2D eigenvalue weighted by Crippen LogP contribution is 2.23. The number of nitrogens with two attached hydrogens (primary N) is 1. The lowest BCUT2D eigenvalue weighted by molar-refractivity contribution is -0.206. The number of H-pyrrole nitrogens is 1. The first-order valence-electron chi connectivity index (χ1n) is 2.90. The van der Waals surface area contributed by atoms with Crippen LogP contribution in [0.15, 0.2) is 0 Å². The number of aromatic nitrogens is 3. The van der Waals surface area contributed by atoms with E-state index in [1.165, 1.54) is 0 Å². The molecule has 0 fully saturated rings. The first-order valence-corrected chi connectivity index (χ1v) is 3.31. The lowest BCUT2D eigenvalue weighted by atomic mass is 10.6. The van der Waals surface area contributed by atoms with E-state index >= 15 is 0 Å². The molecule has 0 aliphatic rings. The van der Waals surface area contributed by atoms with Gasteiger partial charge >= 0.3 is 6.30 Å². The van der Waals surface area contributed by atoms with Crippen molar-refractivity contribution >= 4 is 12.2 Å². The van der Waals surface area contributed by atoms with Gasteiger partial charge in [-0.3, -0.25) is 5.10 Å². The second-order valence-corrected chi connectivity index (χ2v) is 2.34. The minimum Gasteiger partial charge on any atom is -0.324 e. The maximum Gasteiger partial charge on any atom is 0.492 e. The summed E-state index contributed by atoms with van der Waals surface area (Å²) in [5.74, 6) is -0.326. The highest BCUT2D eigenvalue weighted by molar-refractivity contribution is 7.71. The average Bonchev–Trinajstić information content (AvgIpc) is 2.29. The van der Waals surface area contributed by atoms with E-state index in [9.17, 15) is 13.2 Å². The third-order valence-corrected chi connectivity index (χ3v) is 1.45. The van der Waals surface area contributed by atoms with Gasteiger partial charge in [0.1, 0.15) is 0 Å². The lowest BCUT2D eigenvalue weighted by Gasteiger charge is -2.07.